The molecule has 1 N–H and O–H groups in total. The number of likely N-dealkylation sites (tertiary alicyclic amines) is 1. The van der Waals surface area contributed by atoms with Gasteiger partial charge in [0, 0.05) is 13.2 Å². The van der Waals surface area contributed by atoms with E-state index in [1.165, 1.54) is 6.42 Å². The number of methoxy groups -OCH3 is 1. The maximum absolute atomic E-state index is 9.44. The minimum atomic E-state index is -0.374. The van der Waals surface area contributed by atoms with Crippen LogP contribution in [-0.2, 0) is 4.74 Å². The van der Waals surface area contributed by atoms with Crippen LogP contribution in [0.15, 0.2) is 0 Å². The Morgan fingerprint density at radius 3 is 2.58 bits per heavy atom. The van der Waals surface area contributed by atoms with Crippen LogP contribution >= 0.6 is 0 Å². The Bertz CT molecular complexity index is 138. The fourth-order valence-corrected chi connectivity index (χ4v) is 2.03. The molecule has 3 atom stereocenters. The Morgan fingerprint density at radius 1 is 1.58 bits per heavy atom. The summed E-state index contributed by atoms with van der Waals surface area (Å²) in [5.74, 6) is 0. The highest BCUT2D eigenvalue weighted by atomic mass is 16.5. The van der Waals surface area contributed by atoms with Gasteiger partial charge in [-0.3, -0.25) is 0 Å². The van der Waals surface area contributed by atoms with Gasteiger partial charge in [0.1, 0.15) is 0 Å². The number of ether oxygens (including phenoxy) is 1. The Balaban J connectivity index is 2.52. The highest BCUT2D eigenvalue weighted by molar-refractivity contribution is 4.86. The van der Waals surface area contributed by atoms with E-state index in [4.69, 9.17) is 4.74 Å². The van der Waals surface area contributed by atoms with E-state index >= 15 is 0 Å². The minimum absolute atomic E-state index is 0.0301. The molecule has 72 valence electrons. The summed E-state index contributed by atoms with van der Waals surface area (Å²) in [6.07, 6.45) is 1.95. The number of nitrogens with zero attached hydrogens (tertiary/aromatic N) is 1. The molecule has 0 aromatic rings. The molecule has 0 bridgehead atoms. The quantitative estimate of drug-likeness (QED) is 0.673. The lowest BCUT2D eigenvalue weighted by Crippen LogP contribution is -2.43. The van der Waals surface area contributed by atoms with Gasteiger partial charge in [-0.1, -0.05) is 0 Å². The molecule has 12 heavy (non-hydrogen) atoms. The first kappa shape index (κ1) is 9.96. The lowest BCUT2D eigenvalue weighted by molar-refractivity contribution is -0.0415. The van der Waals surface area contributed by atoms with E-state index in [1.807, 2.05) is 0 Å². The number of aliphatic hydroxyl groups excluding tert-OH is 1. The highest BCUT2D eigenvalue weighted by Crippen LogP contribution is 2.21. The molecule has 1 rings (SSSR count). The zero-order chi connectivity index (χ0) is 9.14. The summed E-state index contributed by atoms with van der Waals surface area (Å²) in [6, 6.07) is 0.398. The van der Waals surface area contributed by atoms with E-state index < -0.39 is 0 Å². The number of aliphatic hydroxyl groups is 1. The third kappa shape index (κ3) is 1.97. The predicted molar refractivity (Wildman–Crippen MR) is 48.1 cm³/mol. The summed E-state index contributed by atoms with van der Waals surface area (Å²) in [5, 5.41) is 9.44. The smallest absolute Gasteiger partial charge is 0.0981 e. The molecule has 0 radical (unpaired) electrons. The SMILES string of the molecule is CO[C@@H](C(C)O)C1CCCN1C. The van der Waals surface area contributed by atoms with Crippen molar-refractivity contribution in [1.82, 2.24) is 4.90 Å². The van der Waals surface area contributed by atoms with Crippen molar-refractivity contribution in [2.24, 2.45) is 0 Å². The van der Waals surface area contributed by atoms with Gasteiger partial charge in [0.25, 0.3) is 0 Å². The van der Waals surface area contributed by atoms with Crippen LogP contribution in [0.25, 0.3) is 0 Å². The van der Waals surface area contributed by atoms with Gasteiger partial charge in [-0.15, -0.1) is 0 Å². The van der Waals surface area contributed by atoms with Crippen molar-refractivity contribution in [2.75, 3.05) is 20.7 Å². The fraction of sp³-hybridized carbons (Fsp3) is 1.00. The van der Waals surface area contributed by atoms with Crippen molar-refractivity contribution in [1.29, 1.82) is 0 Å². The third-order valence-electron chi connectivity index (χ3n) is 2.70. The van der Waals surface area contributed by atoms with Crippen molar-refractivity contribution >= 4 is 0 Å². The maximum atomic E-state index is 9.44. The first-order chi connectivity index (χ1) is 5.66. The normalized spacial score (nSPS) is 30.5. The lowest BCUT2D eigenvalue weighted by Gasteiger charge is -2.29. The van der Waals surface area contributed by atoms with Crippen LogP contribution in [0.4, 0.5) is 0 Å². The van der Waals surface area contributed by atoms with E-state index in [0.29, 0.717) is 6.04 Å². The van der Waals surface area contributed by atoms with Gasteiger partial charge in [-0.2, -0.15) is 0 Å². The summed E-state index contributed by atoms with van der Waals surface area (Å²) in [7, 11) is 3.76. The second kappa shape index (κ2) is 4.21. The average molecular weight is 173 g/mol. The Morgan fingerprint density at radius 2 is 2.25 bits per heavy atom. The number of rotatable bonds is 3. The number of likely N-dealkylation sites (N-methyl/N-ethyl adjacent to an activating group) is 1. The molecule has 0 saturated carbocycles. The fourth-order valence-electron chi connectivity index (χ4n) is 2.03. The summed E-state index contributed by atoms with van der Waals surface area (Å²) >= 11 is 0. The zero-order valence-electron chi connectivity index (χ0n) is 8.16. The van der Waals surface area contributed by atoms with E-state index in [-0.39, 0.29) is 12.2 Å². The van der Waals surface area contributed by atoms with Gasteiger partial charge in [0.05, 0.1) is 12.2 Å². The van der Waals surface area contributed by atoms with E-state index in [1.54, 1.807) is 14.0 Å². The molecular formula is C9H19NO2. The minimum Gasteiger partial charge on any atom is -0.391 e. The Labute approximate surface area is 74.3 Å². The van der Waals surface area contributed by atoms with Crippen molar-refractivity contribution in [2.45, 2.75) is 38.0 Å². The van der Waals surface area contributed by atoms with Crippen molar-refractivity contribution in [3.8, 4) is 0 Å². The summed E-state index contributed by atoms with van der Waals surface area (Å²) in [5.41, 5.74) is 0. The molecule has 1 saturated heterocycles. The second-order valence-electron chi connectivity index (χ2n) is 3.63. The van der Waals surface area contributed by atoms with Crippen LogP contribution in [-0.4, -0.2) is 49.0 Å². The van der Waals surface area contributed by atoms with Gasteiger partial charge < -0.3 is 14.7 Å². The van der Waals surface area contributed by atoms with Gasteiger partial charge in [0.2, 0.25) is 0 Å². The van der Waals surface area contributed by atoms with Gasteiger partial charge in [-0.25, -0.2) is 0 Å². The van der Waals surface area contributed by atoms with E-state index in [9.17, 15) is 5.11 Å². The average Bonchev–Trinajstić information content (AvgIpc) is 2.38. The second-order valence-corrected chi connectivity index (χ2v) is 3.63. The number of hydrogen-bond donors (Lipinski definition) is 1. The van der Waals surface area contributed by atoms with Crippen LogP contribution < -0.4 is 0 Å². The molecule has 1 aliphatic heterocycles. The lowest BCUT2D eigenvalue weighted by atomic mass is 10.0. The van der Waals surface area contributed by atoms with Gasteiger partial charge in [-0.05, 0) is 33.4 Å². The molecule has 0 aliphatic carbocycles. The van der Waals surface area contributed by atoms with Crippen LogP contribution in [0.5, 0.6) is 0 Å². The topological polar surface area (TPSA) is 32.7 Å². The maximum Gasteiger partial charge on any atom is 0.0981 e. The largest absolute Gasteiger partial charge is 0.391 e. The third-order valence-corrected chi connectivity index (χ3v) is 2.70. The molecule has 3 nitrogen and oxygen atoms in total. The molecule has 3 heteroatoms. The van der Waals surface area contributed by atoms with Crippen LogP contribution in [0, 0.1) is 0 Å². The molecule has 1 heterocycles. The van der Waals surface area contributed by atoms with Gasteiger partial charge >= 0.3 is 0 Å². The summed E-state index contributed by atoms with van der Waals surface area (Å²) in [6.45, 7) is 2.91. The highest BCUT2D eigenvalue weighted by Gasteiger charge is 2.31. The zero-order valence-corrected chi connectivity index (χ0v) is 8.16. The molecular weight excluding hydrogens is 154 g/mol. The van der Waals surface area contributed by atoms with Crippen molar-refractivity contribution in [3.63, 3.8) is 0 Å². The first-order valence-corrected chi connectivity index (χ1v) is 4.58. The summed E-state index contributed by atoms with van der Waals surface area (Å²) < 4.78 is 5.27. The molecule has 1 aliphatic rings. The standard InChI is InChI=1S/C9H19NO2/c1-7(11)9(12-3)8-5-4-6-10(8)2/h7-9,11H,4-6H2,1-3H3/t7?,8?,9-/m0/s1. The van der Waals surface area contributed by atoms with Crippen molar-refractivity contribution < 1.29 is 9.84 Å². The Hall–Kier alpha value is -0.120. The van der Waals surface area contributed by atoms with Crippen molar-refractivity contribution in [3.05, 3.63) is 0 Å². The summed E-state index contributed by atoms with van der Waals surface area (Å²) in [4.78, 5) is 2.26. The molecule has 0 spiro atoms. The first-order valence-electron chi connectivity index (χ1n) is 4.58. The van der Waals surface area contributed by atoms with Crippen LogP contribution in [0.3, 0.4) is 0 Å². The molecule has 0 aromatic heterocycles. The molecule has 0 amide bonds. The predicted octanol–water partition coefficient (Wildman–Crippen LogP) is 0.476. The Kier molecular flexibility index (Phi) is 3.50. The van der Waals surface area contributed by atoms with Gasteiger partial charge in [0.15, 0.2) is 0 Å². The van der Waals surface area contributed by atoms with E-state index in [0.717, 1.165) is 13.0 Å². The van der Waals surface area contributed by atoms with Crippen LogP contribution in [0.2, 0.25) is 0 Å². The molecule has 1 fully saturated rings. The molecule has 0 aromatic carbocycles. The molecule has 2 unspecified atom stereocenters. The number of hydrogen-bond acceptors (Lipinski definition) is 3. The van der Waals surface area contributed by atoms with E-state index in [2.05, 4.69) is 11.9 Å². The van der Waals surface area contributed by atoms with Crippen LogP contribution in [0.1, 0.15) is 19.8 Å². The monoisotopic (exact) mass is 173 g/mol.